The Hall–Kier alpha value is -3.90. The molecule has 4 atom stereocenters. The summed E-state index contributed by atoms with van der Waals surface area (Å²) in [6, 6.07) is 11.9. The number of amides is 2. The van der Waals surface area contributed by atoms with E-state index in [-0.39, 0.29) is 36.9 Å². The largest absolute Gasteiger partial charge is 0.450 e. The lowest BCUT2D eigenvalue weighted by Gasteiger charge is -2.42. The molecule has 2 N–H and O–H groups in total. The molecule has 242 valence electrons. The Morgan fingerprint density at radius 1 is 1.13 bits per heavy atom. The van der Waals surface area contributed by atoms with Crippen molar-refractivity contribution in [2.24, 2.45) is 11.8 Å². The van der Waals surface area contributed by atoms with E-state index in [9.17, 15) is 23.5 Å². The van der Waals surface area contributed by atoms with Gasteiger partial charge in [0.1, 0.15) is 29.7 Å². The van der Waals surface area contributed by atoms with Crippen LogP contribution in [0.1, 0.15) is 44.1 Å². The van der Waals surface area contributed by atoms with Gasteiger partial charge in [0.25, 0.3) is 5.91 Å². The number of benzene rings is 2. The van der Waals surface area contributed by atoms with E-state index in [1.807, 2.05) is 34.9 Å². The standard InChI is InChI=1S/C33H40F3N5O4/c1-3-45-33(44)39-13-11-23(12-14-39)30(41(32(43)21(2)42)19-24-16-37-17-28(24)36)31-38-29(26-15-25(34)9-10-27(26)35)20-40(31)18-22-7-5-4-6-8-22/h4-10,15,20-21,23-24,28,30,37,42H,3,11-14,16-19H2,1-2H3/t21-,24-,28-,30+/m0/s1. The second-order valence-corrected chi connectivity index (χ2v) is 11.8. The number of nitrogens with zero attached hydrogens (tertiary/aromatic N) is 4. The minimum Gasteiger partial charge on any atom is -0.450 e. The number of likely N-dealkylation sites (tertiary alicyclic amines) is 1. The number of hydrogen-bond acceptors (Lipinski definition) is 6. The van der Waals surface area contributed by atoms with Gasteiger partial charge < -0.3 is 29.5 Å². The maximum Gasteiger partial charge on any atom is 0.409 e. The first-order valence-electron chi connectivity index (χ1n) is 15.5. The highest BCUT2D eigenvalue weighted by Crippen LogP contribution is 2.39. The van der Waals surface area contributed by atoms with Crippen molar-refractivity contribution in [3.8, 4) is 11.3 Å². The second kappa shape index (κ2) is 14.5. The lowest BCUT2D eigenvalue weighted by atomic mass is 9.86. The van der Waals surface area contributed by atoms with E-state index in [0.717, 1.165) is 23.8 Å². The van der Waals surface area contributed by atoms with Crippen LogP contribution in [0.3, 0.4) is 0 Å². The molecule has 2 amide bonds. The highest BCUT2D eigenvalue weighted by molar-refractivity contribution is 5.80. The number of carbonyl (C=O) groups is 2. The summed E-state index contributed by atoms with van der Waals surface area (Å²) in [5, 5.41) is 13.6. The Kier molecular flexibility index (Phi) is 10.4. The molecule has 0 radical (unpaired) electrons. The van der Waals surface area contributed by atoms with Crippen LogP contribution in [-0.2, 0) is 16.1 Å². The SMILES string of the molecule is CCOC(=O)N1CCC([C@H](c2nc(-c3cc(F)ccc3F)cn2Cc2ccccc2)N(C[C@@H]2CNC[C@@H]2F)C(=O)[C@H](C)O)CC1. The van der Waals surface area contributed by atoms with Gasteiger partial charge >= 0.3 is 6.09 Å². The fourth-order valence-corrected chi connectivity index (χ4v) is 6.33. The van der Waals surface area contributed by atoms with Crippen LogP contribution in [0.25, 0.3) is 11.3 Å². The zero-order valence-electron chi connectivity index (χ0n) is 25.5. The average molecular weight is 628 g/mol. The van der Waals surface area contributed by atoms with Gasteiger partial charge in [-0.1, -0.05) is 30.3 Å². The molecule has 2 aromatic carbocycles. The summed E-state index contributed by atoms with van der Waals surface area (Å²) >= 11 is 0. The first-order valence-corrected chi connectivity index (χ1v) is 15.5. The molecule has 0 saturated carbocycles. The monoisotopic (exact) mass is 627 g/mol. The smallest absolute Gasteiger partial charge is 0.409 e. The number of aliphatic hydroxyl groups is 1. The molecule has 2 aliphatic rings. The van der Waals surface area contributed by atoms with E-state index < -0.39 is 47.9 Å². The summed E-state index contributed by atoms with van der Waals surface area (Å²) in [6.45, 7) is 4.92. The van der Waals surface area contributed by atoms with Gasteiger partial charge in [-0.3, -0.25) is 4.79 Å². The topological polar surface area (TPSA) is 99.9 Å². The third kappa shape index (κ3) is 7.50. The molecule has 0 spiro atoms. The number of ether oxygens (including phenoxy) is 1. The number of aliphatic hydroxyl groups excluding tert-OH is 1. The summed E-state index contributed by atoms with van der Waals surface area (Å²) < 4.78 is 51.4. The molecule has 1 aromatic heterocycles. The second-order valence-electron chi connectivity index (χ2n) is 11.8. The molecule has 2 fully saturated rings. The van der Waals surface area contributed by atoms with Crippen LogP contribution < -0.4 is 5.32 Å². The van der Waals surface area contributed by atoms with Gasteiger partial charge in [0.15, 0.2) is 0 Å². The number of rotatable bonds is 10. The molecule has 3 aromatic rings. The number of piperidine rings is 1. The highest BCUT2D eigenvalue weighted by atomic mass is 19.1. The van der Waals surface area contributed by atoms with E-state index in [2.05, 4.69) is 5.32 Å². The summed E-state index contributed by atoms with van der Waals surface area (Å²) in [5.74, 6) is -2.23. The molecule has 3 heterocycles. The number of alkyl halides is 1. The number of imidazole rings is 1. The molecule has 45 heavy (non-hydrogen) atoms. The molecular weight excluding hydrogens is 587 g/mol. The van der Waals surface area contributed by atoms with Crippen molar-refractivity contribution in [2.45, 2.75) is 51.6 Å². The maximum atomic E-state index is 15.1. The predicted molar refractivity (Wildman–Crippen MR) is 162 cm³/mol. The van der Waals surface area contributed by atoms with Crippen molar-refractivity contribution < 1.29 is 32.6 Å². The van der Waals surface area contributed by atoms with Gasteiger partial charge in [-0.2, -0.15) is 0 Å². The van der Waals surface area contributed by atoms with Crippen LogP contribution in [-0.4, -0.2) is 88.1 Å². The van der Waals surface area contributed by atoms with E-state index in [0.29, 0.717) is 44.8 Å². The molecule has 0 aliphatic carbocycles. The lowest BCUT2D eigenvalue weighted by molar-refractivity contribution is -0.145. The number of carbonyl (C=O) groups excluding carboxylic acids is 2. The first kappa shape index (κ1) is 32.5. The molecule has 2 aliphatic heterocycles. The fraction of sp³-hybridized carbons (Fsp3) is 0.485. The molecular formula is C33H40F3N5O4. The van der Waals surface area contributed by atoms with Crippen LogP contribution in [0, 0.1) is 23.5 Å². The number of hydrogen-bond donors (Lipinski definition) is 2. The molecule has 0 unspecified atom stereocenters. The first-order chi connectivity index (χ1) is 21.7. The lowest BCUT2D eigenvalue weighted by Crippen LogP contribution is -2.50. The van der Waals surface area contributed by atoms with E-state index in [4.69, 9.17) is 9.72 Å². The van der Waals surface area contributed by atoms with Crippen LogP contribution >= 0.6 is 0 Å². The van der Waals surface area contributed by atoms with Crippen LogP contribution in [0.15, 0.2) is 54.7 Å². The van der Waals surface area contributed by atoms with Gasteiger partial charge in [-0.15, -0.1) is 0 Å². The molecule has 2 saturated heterocycles. The third-order valence-corrected chi connectivity index (χ3v) is 8.65. The van der Waals surface area contributed by atoms with E-state index >= 15 is 4.39 Å². The Labute approximate surface area is 261 Å². The van der Waals surface area contributed by atoms with E-state index in [1.165, 1.54) is 11.8 Å². The fourth-order valence-electron chi connectivity index (χ4n) is 6.33. The average Bonchev–Trinajstić information content (AvgIpc) is 3.64. The molecule has 0 bridgehead atoms. The Bertz CT molecular complexity index is 1460. The molecule has 9 nitrogen and oxygen atoms in total. The minimum absolute atomic E-state index is 0.0164. The van der Waals surface area contributed by atoms with Crippen molar-refractivity contribution >= 4 is 12.0 Å². The zero-order chi connectivity index (χ0) is 32.1. The van der Waals surface area contributed by atoms with Gasteiger partial charge in [-0.05, 0) is 56.4 Å². The van der Waals surface area contributed by atoms with Crippen molar-refractivity contribution in [3.63, 3.8) is 0 Å². The minimum atomic E-state index is -1.38. The number of nitrogens with one attached hydrogen (secondary N) is 1. The van der Waals surface area contributed by atoms with Crippen LogP contribution in [0.2, 0.25) is 0 Å². The summed E-state index contributed by atoms with van der Waals surface area (Å²) in [7, 11) is 0. The Balaban J connectivity index is 1.63. The Morgan fingerprint density at radius 2 is 1.87 bits per heavy atom. The van der Waals surface area contributed by atoms with Gasteiger partial charge in [0, 0.05) is 56.9 Å². The zero-order valence-corrected chi connectivity index (χ0v) is 25.5. The number of halogens is 3. The summed E-state index contributed by atoms with van der Waals surface area (Å²) in [6.07, 6.45) is -0.413. The summed E-state index contributed by atoms with van der Waals surface area (Å²) in [5.41, 5.74) is 1.06. The van der Waals surface area contributed by atoms with Crippen molar-refractivity contribution in [2.75, 3.05) is 39.3 Å². The van der Waals surface area contributed by atoms with Gasteiger partial charge in [-0.25, -0.2) is 22.9 Å². The maximum absolute atomic E-state index is 15.1. The van der Waals surface area contributed by atoms with Crippen molar-refractivity contribution in [1.82, 2.24) is 24.7 Å². The quantitative estimate of drug-likeness (QED) is 0.342. The van der Waals surface area contributed by atoms with E-state index in [1.54, 1.807) is 18.0 Å². The van der Waals surface area contributed by atoms with Crippen LogP contribution in [0.5, 0.6) is 0 Å². The highest BCUT2D eigenvalue weighted by Gasteiger charge is 2.42. The van der Waals surface area contributed by atoms with Crippen LogP contribution in [0.4, 0.5) is 18.0 Å². The Morgan fingerprint density at radius 3 is 2.51 bits per heavy atom. The van der Waals surface area contributed by atoms with Gasteiger partial charge in [0.2, 0.25) is 0 Å². The third-order valence-electron chi connectivity index (χ3n) is 8.65. The predicted octanol–water partition coefficient (Wildman–Crippen LogP) is 4.55. The van der Waals surface area contributed by atoms with Crippen molar-refractivity contribution in [3.05, 3.63) is 77.8 Å². The molecule has 5 rings (SSSR count). The summed E-state index contributed by atoms with van der Waals surface area (Å²) in [4.78, 5) is 34.3. The van der Waals surface area contributed by atoms with Crippen molar-refractivity contribution in [1.29, 1.82) is 0 Å². The molecule has 12 heteroatoms. The van der Waals surface area contributed by atoms with Gasteiger partial charge in [0.05, 0.1) is 18.3 Å². The normalized spacial score (nSPS) is 20.2. The number of aromatic nitrogens is 2.